The van der Waals surface area contributed by atoms with Gasteiger partial charge in [-0.3, -0.25) is 0 Å². The van der Waals surface area contributed by atoms with Crippen molar-refractivity contribution < 1.29 is 14.2 Å². The Labute approximate surface area is 125 Å². The molecule has 0 spiro atoms. The Bertz CT molecular complexity index is 591. The fourth-order valence-electron chi connectivity index (χ4n) is 2.11. The van der Waals surface area contributed by atoms with Gasteiger partial charge in [0, 0.05) is 6.07 Å². The van der Waals surface area contributed by atoms with Crippen LogP contribution in [0.2, 0.25) is 0 Å². The van der Waals surface area contributed by atoms with Crippen LogP contribution in [0, 0.1) is 13.8 Å². The van der Waals surface area contributed by atoms with Crippen LogP contribution in [0.25, 0.3) is 0 Å². The first-order valence-electron chi connectivity index (χ1n) is 6.87. The third-order valence-corrected chi connectivity index (χ3v) is 3.21. The molecule has 112 valence electrons. The Morgan fingerprint density at radius 3 is 2.24 bits per heavy atom. The van der Waals surface area contributed by atoms with Gasteiger partial charge in [-0.05, 0) is 37.1 Å². The summed E-state index contributed by atoms with van der Waals surface area (Å²) in [5, 5.41) is 0. The van der Waals surface area contributed by atoms with Crippen molar-refractivity contribution in [1.29, 1.82) is 0 Å². The highest BCUT2D eigenvalue weighted by Crippen LogP contribution is 2.26. The molecule has 0 aliphatic heterocycles. The molecule has 2 aromatic rings. The first-order chi connectivity index (χ1) is 10.1. The molecule has 0 saturated heterocycles. The molecular weight excluding hydrogens is 266 g/mol. The highest BCUT2D eigenvalue weighted by molar-refractivity contribution is 5.56. The van der Waals surface area contributed by atoms with Crippen LogP contribution < -0.4 is 19.9 Å². The summed E-state index contributed by atoms with van der Waals surface area (Å²) in [5.74, 6) is 2.27. The van der Waals surface area contributed by atoms with Crippen molar-refractivity contribution in [3.8, 4) is 17.2 Å². The number of nitrogen functional groups attached to an aromatic ring is 1. The molecular formula is C17H21NO3. The predicted octanol–water partition coefficient (Wildman–Crippen LogP) is 3.35. The Kier molecular flexibility index (Phi) is 4.93. The van der Waals surface area contributed by atoms with Gasteiger partial charge in [-0.1, -0.05) is 18.2 Å². The minimum Gasteiger partial charge on any atom is -0.497 e. The van der Waals surface area contributed by atoms with Crippen molar-refractivity contribution in [1.82, 2.24) is 0 Å². The SMILES string of the molecule is COc1ccc(OCCOc2c(C)cccc2C)c(N)c1. The lowest BCUT2D eigenvalue weighted by molar-refractivity contribution is 0.216. The third kappa shape index (κ3) is 3.81. The van der Waals surface area contributed by atoms with Crippen LogP contribution in [0.1, 0.15) is 11.1 Å². The van der Waals surface area contributed by atoms with Crippen LogP contribution in [0.4, 0.5) is 5.69 Å². The van der Waals surface area contributed by atoms with E-state index < -0.39 is 0 Å². The average Bonchev–Trinajstić information content (AvgIpc) is 2.47. The zero-order valence-electron chi connectivity index (χ0n) is 12.7. The lowest BCUT2D eigenvalue weighted by Crippen LogP contribution is -2.11. The molecule has 4 nitrogen and oxygen atoms in total. The number of hydrogen-bond acceptors (Lipinski definition) is 4. The summed E-state index contributed by atoms with van der Waals surface area (Å²) in [6.07, 6.45) is 0. The van der Waals surface area contributed by atoms with Gasteiger partial charge in [0.15, 0.2) is 0 Å². The minimum absolute atomic E-state index is 0.435. The average molecular weight is 287 g/mol. The molecule has 0 atom stereocenters. The molecule has 2 N–H and O–H groups in total. The summed E-state index contributed by atoms with van der Waals surface area (Å²) in [6.45, 7) is 4.97. The van der Waals surface area contributed by atoms with Crippen LogP contribution in [0.3, 0.4) is 0 Å². The van der Waals surface area contributed by atoms with E-state index in [9.17, 15) is 0 Å². The summed E-state index contributed by atoms with van der Waals surface area (Å²) < 4.78 is 16.5. The summed E-state index contributed by atoms with van der Waals surface area (Å²) in [4.78, 5) is 0. The molecule has 21 heavy (non-hydrogen) atoms. The molecule has 2 aromatic carbocycles. The van der Waals surface area contributed by atoms with Gasteiger partial charge in [0.2, 0.25) is 0 Å². The second-order valence-corrected chi connectivity index (χ2v) is 4.82. The number of aryl methyl sites for hydroxylation is 2. The van der Waals surface area contributed by atoms with Crippen molar-refractivity contribution >= 4 is 5.69 Å². The molecule has 4 heteroatoms. The smallest absolute Gasteiger partial charge is 0.142 e. The second-order valence-electron chi connectivity index (χ2n) is 4.82. The Morgan fingerprint density at radius 2 is 1.62 bits per heavy atom. The summed E-state index contributed by atoms with van der Waals surface area (Å²) >= 11 is 0. The van der Waals surface area contributed by atoms with E-state index in [1.165, 1.54) is 0 Å². The fourth-order valence-corrected chi connectivity index (χ4v) is 2.11. The maximum atomic E-state index is 5.89. The molecule has 0 aliphatic carbocycles. The maximum absolute atomic E-state index is 5.89. The van der Waals surface area contributed by atoms with Gasteiger partial charge in [-0.15, -0.1) is 0 Å². The third-order valence-electron chi connectivity index (χ3n) is 3.21. The van der Waals surface area contributed by atoms with E-state index in [1.807, 2.05) is 38.1 Å². The Balaban J connectivity index is 1.88. The van der Waals surface area contributed by atoms with E-state index in [0.717, 1.165) is 16.9 Å². The van der Waals surface area contributed by atoms with E-state index in [-0.39, 0.29) is 0 Å². The number of methoxy groups -OCH3 is 1. The van der Waals surface area contributed by atoms with Crippen LogP contribution >= 0.6 is 0 Å². The normalized spacial score (nSPS) is 10.2. The number of rotatable bonds is 6. The topological polar surface area (TPSA) is 53.7 Å². The Morgan fingerprint density at radius 1 is 0.952 bits per heavy atom. The van der Waals surface area contributed by atoms with Gasteiger partial charge in [0.25, 0.3) is 0 Å². The van der Waals surface area contributed by atoms with E-state index in [4.69, 9.17) is 19.9 Å². The zero-order chi connectivity index (χ0) is 15.2. The Hall–Kier alpha value is -2.36. The monoisotopic (exact) mass is 287 g/mol. The maximum Gasteiger partial charge on any atom is 0.142 e. The van der Waals surface area contributed by atoms with Crippen molar-refractivity contribution in [2.75, 3.05) is 26.1 Å². The summed E-state index contributed by atoms with van der Waals surface area (Å²) in [7, 11) is 1.60. The van der Waals surface area contributed by atoms with Gasteiger partial charge < -0.3 is 19.9 Å². The van der Waals surface area contributed by atoms with Crippen LogP contribution in [0.5, 0.6) is 17.2 Å². The lowest BCUT2D eigenvalue weighted by atomic mass is 10.1. The van der Waals surface area contributed by atoms with Crippen molar-refractivity contribution in [3.63, 3.8) is 0 Å². The van der Waals surface area contributed by atoms with Gasteiger partial charge in [0.05, 0.1) is 12.8 Å². The molecule has 2 rings (SSSR count). The highest BCUT2D eigenvalue weighted by atomic mass is 16.5. The molecule has 0 fully saturated rings. The number of ether oxygens (including phenoxy) is 3. The first kappa shape index (κ1) is 15.0. The summed E-state index contributed by atoms with van der Waals surface area (Å²) in [6, 6.07) is 11.4. The number of hydrogen-bond donors (Lipinski definition) is 1. The number of nitrogens with two attached hydrogens (primary N) is 1. The standard InChI is InChI=1S/C17H21NO3/c1-12-5-4-6-13(2)17(12)21-10-9-20-16-8-7-14(19-3)11-15(16)18/h4-8,11H,9-10,18H2,1-3H3. The molecule has 0 aliphatic rings. The van der Waals surface area contributed by atoms with Gasteiger partial charge >= 0.3 is 0 Å². The lowest BCUT2D eigenvalue weighted by Gasteiger charge is -2.13. The van der Waals surface area contributed by atoms with E-state index in [0.29, 0.717) is 30.4 Å². The molecule has 0 unspecified atom stereocenters. The number of benzene rings is 2. The quantitative estimate of drug-likeness (QED) is 0.654. The molecule has 0 radical (unpaired) electrons. The van der Waals surface area contributed by atoms with Crippen molar-refractivity contribution in [3.05, 3.63) is 47.5 Å². The summed E-state index contributed by atoms with van der Waals surface area (Å²) in [5.41, 5.74) is 8.70. The molecule has 0 heterocycles. The molecule has 0 saturated carbocycles. The minimum atomic E-state index is 0.435. The number of para-hydroxylation sites is 1. The van der Waals surface area contributed by atoms with Crippen LogP contribution in [-0.2, 0) is 0 Å². The molecule has 0 aromatic heterocycles. The fraction of sp³-hybridized carbons (Fsp3) is 0.294. The van der Waals surface area contributed by atoms with Crippen LogP contribution in [-0.4, -0.2) is 20.3 Å². The zero-order valence-corrected chi connectivity index (χ0v) is 12.7. The van der Waals surface area contributed by atoms with Crippen LogP contribution in [0.15, 0.2) is 36.4 Å². The molecule has 0 amide bonds. The first-order valence-corrected chi connectivity index (χ1v) is 6.87. The van der Waals surface area contributed by atoms with Gasteiger partial charge in [-0.25, -0.2) is 0 Å². The van der Waals surface area contributed by atoms with E-state index in [1.54, 1.807) is 19.2 Å². The largest absolute Gasteiger partial charge is 0.497 e. The number of anilines is 1. The van der Waals surface area contributed by atoms with E-state index >= 15 is 0 Å². The van der Waals surface area contributed by atoms with Crippen molar-refractivity contribution in [2.24, 2.45) is 0 Å². The second kappa shape index (κ2) is 6.88. The van der Waals surface area contributed by atoms with Gasteiger partial charge in [-0.2, -0.15) is 0 Å². The highest BCUT2D eigenvalue weighted by Gasteiger charge is 2.05. The van der Waals surface area contributed by atoms with Crippen molar-refractivity contribution in [2.45, 2.75) is 13.8 Å². The van der Waals surface area contributed by atoms with E-state index in [2.05, 4.69) is 0 Å². The molecule has 0 bridgehead atoms. The predicted molar refractivity (Wildman–Crippen MR) is 84.3 cm³/mol. The van der Waals surface area contributed by atoms with Gasteiger partial charge in [0.1, 0.15) is 30.5 Å².